The standard InChI is InChI=1S/C11H17BrN2O3S/c1-8(2)11(3-4-15)14-18(16,17)10-5-9(12)6-13-7-10/h5-8,11,14-15H,3-4H2,1-2H3. The third kappa shape index (κ3) is 4.31. The average Bonchev–Trinajstić information content (AvgIpc) is 2.28. The molecule has 102 valence electrons. The van der Waals surface area contributed by atoms with Gasteiger partial charge in [0.1, 0.15) is 4.90 Å². The van der Waals surface area contributed by atoms with E-state index in [2.05, 4.69) is 25.6 Å². The first-order valence-corrected chi connectivity index (χ1v) is 7.88. The molecule has 0 fully saturated rings. The zero-order chi connectivity index (χ0) is 13.8. The Morgan fingerprint density at radius 1 is 1.44 bits per heavy atom. The molecule has 0 radical (unpaired) electrons. The summed E-state index contributed by atoms with van der Waals surface area (Å²) in [5, 5.41) is 8.94. The maximum atomic E-state index is 12.1. The van der Waals surface area contributed by atoms with Crippen LogP contribution in [0.1, 0.15) is 20.3 Å². The van der Waals surface area contributed by atoms with Crippen molar-refractivity contribution in [2.24, 2.45) is 5.92 Å². The molecular formula is C11H17BrN2O3S. The zero-order valence-corrected chi connectivity index (χ0v) is 12.7. The quantitative estimate of drug-likeness (QED) is 0.825. The second kappa shape index (κ2) is 6.60. The molecule has 0 aliphatic carbocycles. The Morgan fingerprint density at radius 2 is 2.11 bits per heavy atom. The van der Waals surface area contributed by atoms with Gasteiger partial charge in [0.2, 0.25) is 10.0 Å². The lowest BCUT2D eigenvalue weighted by Gasteiger charge is -2.21. The number of hydrogen-bond acceptors (Lipinski definition) is 4. The van der Waals surface area contributed by atoms with Crippen LogP contribution in [0.2, 0.25) is 0 Å². The minimum absolute atomic E-state index is 0.0535. The Bertz CT molecular complexity index is 491. The highest BCUT2D eigenvalue weighted by Gasteiger charge is 2.22. The van der Waals surface area contributed by atoms with Gasteiger partial charge in [-0.05, 0) is 34.3 Å². The van der Waals surface area contributed by atoms with Crippen LogP contribution in [0.15, 0.2) is 27.8 Å². The Balaban J connectivity index is 2.93. The van der Waals surface area contributed by atoms with Gasteiger partial charge in [0.15, 0.2) is 0 Å². The van der Waals surface area contributed by atoms with E-state index in [0.717, 1.165) is 0 Å². The first kappa shape index (κ1) is 15.6. The van der Waals surface area contributed by atoms with Crippen molar-refractivity contribution in [3.8, 4) is 0 Å². The van der Waals surface area contributed by atoms with Crippen molar-refractivity contribution in [2.75, 3.05) is 6.61 Å². The van der Waals surface area contributed by atoms with E-state index in [1.165, 1.54) is 18.5 Å². The topological polar surface area (TPSA) is 79.3 Å². The van der Waals surface area contributed by atoms with Gasteiger partial charge in [-0.25, -0.2) is 13.1 Å². The van der Waals surface area contributed by atoms with E-state index < -0.39 is 10.0 Å². The summed E-state index contributed by atoms with van der Waals surface area (Å²) in [7, 11) is -3.60. The SMILES string of the molecule is CC(C)C(CCO)NS(=O)(=O)c1cncc(Br)c1. The lowest BCUT2D eigenvalue weighted by atomic mass is 10.0. The first-order chi connectivity index (χ1) is 8.36. The van der Waals surface area contributed by atoms with Gasteiger partial charge in [0.25, 0.3) is 0 Å². The van der Waals surface area contributed by atoms with Crippen LogP contribution >= 0.6 is 15.9 Å². The van der Waals surface area contributed by atoms with Crippen LogP contribution < -0.4 is 4.72 Å². The Kier molecular flexibility index (Phi) is 5.71. The van der Waals surface area contributed by atoms with E-state index >= 15 is 0 Å². The molecule has 1 heterocycles. The summed E-state index contributed by atoms with van der Waals surface area (Å²) < 4.78 is 27.4. The van der Waals surface area contributed by atoms with Gasteiger partial charge < -0.3 is 5.11 Å². The molecule has 1 aromatic rings. The van der Waals surface area contributed by atoms with Crippen molar-refractivity contribution in [1.82, 2.24) is 9.71 Å². The minimum atomic E-state index is -3.60. The fourth-order valence-corrected chi connectivity index (χ4v) is 3.40. The molecule has 1 atom stereocenters. The summed E-state index contributed by atoms with van der Waals surface area (Å²) in [6.07, 6.45) is 3.20. The normalized spacial score (nSPS) is 13.8. The largest absolute Gasteiger partial charge is 0.396 e. The number of pyridine rings is 1. The van der Waals surface area contributed by atoms with Crippen molar-refractivity contribution >= 4 is 26.0 Å². The fourth-order valence-electron chi connectivity index (χ4n) is 1.47. The van der Waals surface area contributed by atoms with Gasteiger partial charge >= 0.3 is 0 Å². The molecule has 0 saturated heterocycles. The van der Waals surface area contributed by atoms with Crippen LogP contribution in [0.25, 0.3) is 0 Å². The molecule has 7 heteroatoms. The van der Waals surface area contributed by atoms with Gasteiger partial charge in [-0.15, -0.1) is 0 Å². The third-order valence-electron chi connectivity index (χ3n) is 2.54. The number of hydrogen-bond donors (Lipinski definition) is 2. The molecular weight excluding hydrogens is 320 g/mol. The molecule has 0 aliphatic heterocycles. The number of halogens is 1. The molecule has 0 spiro atoms. The Labute approximate surface area is 116 Å². The number of aliphatic hydroxyl groups is 1. The van der Waals surface area contributed by atoms with E-state index in [9.17, 15) is 8.42 Å². The number of sulfonamides is 1. The smallest absolute Gasteiger partial charge is 0.242 e. The van der Waals surface area contributed by atoms with Crippen LogP contribution in [-0.4, -0.2) is 31.2 Å². The minimum Gasteiger partial charge on any atom is -0.396 e. The second-order valence-corrected chi connectivity index (χ2v) is 6.95. The molecule has 0 aromatic carbocycles. The van der Waals surface area contributed by atoms with Crippen molar-refractivity contribution in [3.05, 3.63) is 22.9 Å². The maximum absolute atomic E-state index is 12.1. The third-order valence-corrected chi connectivity index (χ3v) is 4.43. The van der Waals surface area contributed by atoms with Gasteiger partial charge in [0, 0.05) is 29.5 Å². The monoisotopic (exact) mass is 336 g/mol. The van der Waals surface area contributed by atoms with Gasteiger partial charge in [-0.1, -0.05) is 13.8 Å². The van der Waals surface area contributed by atoms with Crippen molar-refractivity contribution < 1.29 is 13.5 Å². The van der Waals surface area contributed by atoms with Crippen LogP contribution in [0.5, 0.6) is 0 Å². The summed E-state index contributed by atoms with van der Waals surface area (Å²) in [5.74, 6) is 0.104. The van der Waals surface area contributed by atoms with Gasteiger partial charge in [-0.3, -0.25) is 4.98 Å². The highest BCUT2D eigenvalue weighted by molar-refractivity contribution is 9.10. The fraction of sp³-hybridized carbons (Fsp3) is 0.545. The summed E-state index contributed by atoms with van der Waals surface area (Å²) in [5.41, 5.74) is 0. The number of nitrogens with one attached hydrogen (secondary N) is 1. The number of aliphatic hydroxyl groups excluding tert-OH is 1. The number of nitrogens with zero attached hydrogens (tertiary/aromatic N) is 1. The number of aromatic nitrogens is 1. The first-order valence-electron chi connectivity index (χ1n) is 5.60. The number of rotatable bonds is 6. The molecule has 18 heavy (non-hydrogen) atoms. The maximum Gasteiger partial charge on any atom is 0.242 e. The van der Waals surface area contributed by atoms with Crippen molar-refractivity contribution in [2.45, 2.75) is 31.2 Å². The molecule has 0 saturated carbocycles. The summed E-state index contributed by atoms with van der Waals surface area (Å²) >= 11 is 3.19. The van der Waals surface area contributed by atoms with Crippen LogP contribution in [0.3, 0.4) is 0 Å². The molecule has 1 rings (SSSR count). The zero-order valence-electron chi connectivity index (χ0n) is 10.3. The van der Waals surface area contributed by atoms with E-state index in [-0.39, 0.29) is 23.5 Å². The highest BCUT2D eigenvalue weighted by atomic mass is 79.9. The van der Waals surface area contributed by atoms with Crippen LogP contribution in [0.4, 0.5) is 0 Å². The highest BCUT2D eigenvalue weighted by Crippen LogP contribution is 2.16. The second-order valence-electron chi connectivity index (χ2n) is 4.32. The predicted octanol–water partition coefficient (Wildman–Crippen LogP) is 1.53. The Morgan fingerprint density at radius 3 is 2.61 bits per heavy atom. The lowest BCUT2D eigenvalue weighted by molar-refractivity contribution is 0.256. The van der Waals surface area contributed by atoms with E-state index in [4.69, 9.17) is 5.11 Å². The van der Waals surface area contributed by atoms with Crippen LogP contribution in [0, 0.1) is 5.92 Å². The average molecular weight is 337 g/mol. The summed E-state index contributed by atoms with van der Waals surface area (Å²) in [6, 6.07) is 1.20. The molecule has 1 unspecified atom stereocenters. The van der Waals surface area contributed by atoms with E-state index in [1.54, 1.807) is 0 Å². The summed E-state index contributed by atoms with van der Waals surface area (Å²) in [6.45, 7) is 3.76. The van der Waals surface area contributed by atoms with E-state index in [1.807, 2.05) is 13.8 Å². The molecule has 5 nitrogen and oxygen atoms in total. The molecule has 0 aliphatic rings. The van der Waals surface area contributed by atoms with Gasteiger partial charge in [-0.2, -0.15) is 0 Å². The van der Waals surface area contributed by atoms with Crippen LogP contribution in [-0.2, 0) is 10.0 Å². The van der Waals surface area contributed by atoms with Gasteiger partial charge in [0.05, 0.1) is 0 Å². The molecule has 0 amide bonds. The molecule has 2 N–H and O–H groups in total. The Hall–Kier alpha value is -0.500. The lowest BCUT2D eigenvalue weighted by Crippen LogP contribution is -2.39. The summed E-state index contributed by atoms with van der Waals surface area (Å²) in [4.78, 5) is 3.94. The molecule has 0 bridgehead atoms. The van der Waals surface area contributed by atoms with Crippen molar-refractivity contribution in [1.29, 1.82) is 0 Å². The van der Waals surface area contributed by atoms with Crippen molar-refractivity contribution in [3.63, 3.8) is 0 Å². The predicted molar refractivity (Wildman–Crippen MR) is 72.6 cm³/mol. The molecule has 1 aromatic heterocycles. The van der Waals surface area contributed by atoms with E-state index in [0.29, 0.717) is 10.9 Å².